The topological polar surface area (TPSA) is 63.2 Å². The molecule has 0 fully saturated rings. The minimum atomic E-state index is -3.81. The Hall–Kier alpha value is -2.73. The standard InChI is InChI=1S/C19H18FNO3S/c1-13(2)19(22)21-18(15-6-8-16(20)9-7-15)12-25(23,24)17-10-4-14(3)5-11-17/h4-12H,1H2,2-3H3,(H,21,22). The van der Waals surface area contributed by atoms with E-state index in [2.05, 4.69) is 11.9 Å². The highest BCUT2D eigenvalue weighted by atomic mass is 32.2. The van der Waals surface area contributed by atoms with Gasteiger partial charge >= 0.3 is 0 Å². The van der Waals surface area contributed by atoms with Gasteiger partial charge in [-0.25, -0.2) is 12.8 Å². The molecule has 0 atom stereocenters. The van der Waals surface area contributed by atoms with E-state index in [0.29, 0.717) is 5.56 Å². The fourth-order valence-corrected chi connectivity index (χ4v) is 3.14. The van der Waals surface area contributed by atoms with E-state index in [4.69, 9.17) is 0 Å². The molecule has 2 rings (SSSR count). The van der Waals surface area contributed by atoms with Gasteiger partial charge in [-0.2, -0.15) is 0 Å². The third kappa shape index (κ3) is 4.87. The van der Waals surface area contributed by atoms with Crippen LogP contribution in [0.1, 0.15) is 18.1 Å². The molecule has 0 saturated carbocycles. The minimum Gasteiger partial charge on any atom is -0.321 e. The molecule has 0 heterocycles. The normalized spacial score (nSPS) is 11.9. The van der Waals surface area contributed by atoms with E-state index in [0.717, 1.165) is 11.0 Å². The molecular formula is C19H18FNO3S. The highest BCUT2D eigenvalue weighted by Gasteiger charge is 2.16. The van der Waals surface area contributed by atoms with Crippen LogP contribution in [0.2, 0.25) is 0 Å². The van der Waals surface area contributed by atoms with Crippen LogP contribution in [0.4, 0.5) is 4.39 Å². The molecule has 0 unspecified atom stereocenters. The van der Waals surface area contributed by atoms with E-state index >= 15 is 0 Å². The van der Waals surface area contributed by atoms with E-state index < -0.39 is 21.6 Å². The number of benzene rings is 2. The summed E-state index contributed by atoms with van der Waals surface area (Å²) >= 11 is 0. The van der Waals surface area contributed by atoms with Crippen LogP contribution < -0.4 is 5.32 Å². The molecule has 0 aliphatic heterocycles. The molecule has 0 aliphatic carbocycles. The smallest absolute Gasteiger partial charge is 0.250 e. The maximum atomic E-state index is 13.1. The van der Waals surface area contributed by atoms with Crippen molar-refractivity contribution in [3.63, 3.8) is 0 Å². The van der Waals surface area contributed by atoms with E-state index in [-0.39, 0.29) is 16.2 Å². The second-order valence-corrected chi connectivity index (χ2v) is 7.43. The number of aryl methyl sites for hydroxylation is 1. The molecule has 1 N–H and O–H groups in total. The van der Waals surface area contributed by atoms with Crippen molar-refractivity contribution in [2.24, 2.45) is 0 Å². The van der Waals surface area contributed by atoms with Gasteiger partial charge in [0.2, 0.25) is 9.84 Å². The van der Waals surface area contributed by atoms with Crippen molar-refractivity contribution in [1.29, 1.82) is 0 Å². The van der Waals surface area contributed by atoms with Crippen LogP contribution in [0.5, 0.6) is 0 Å². The van der Waals surface area contributed by atoms with Crippen LogP contribution >= 0.6 is 0 Å². The Kier molecular flexibility index (Phi) is 5.54. The zero-order chi connectivity index (χ0) is 18.6. The van der Waals surface area contributed by atoms with E-state index in [1.165, 1.54) is 43.3 Å². The number of sulfone groups is 1. The van der Waals surface area contributed by atoms with E-state index in [9.17, 15) is 17.6 Å². The Morgan fingerprint density at radius 1 is 1.08 bits per heavy atom. The third-order valence-corrected chi connectivity index (χ3v) is 4.89. The number of carbonyl (C=O) groups is 1. The van der Waals surface area contributed by atoms with Crippen molar-refractivity contribution in [2.75, 3.05) is 0 Å². The maximum Gasteiger partial charge on any atom is 0.250 e. The number of hydrogen-bond acceptors (Lipinski definition) is 3. The first kappa shape index (κ1) is 18.6. The molecule has 6 heteroatoms. The van der Waals surface area contributed by atoms with Crippen molar-refractivity contribution in [3.05, 3.63) is 83.0 Å². The Bertz CT molecular complexity index is 928. The highest BCUT2D eigenvalue weighted by Crippen LogP contribution is 2.20. The van der Waals surface area contributed by atoms with Gasteiger partial charge in [-0.3, -0.25) is 4.79 Å². The fourth-order valence-electron chi connectivity index (χ4n) is 1.98. The number of hydrogen-bond donors (Lipinski definition) is 1. The van der Waals surface area contributed by atoms with Crippen LogP contribution in [0, 0.1) is 12.7 Å². The lowest BCUT2D eigenvalue weighted by atomic mass is 10.1. The van der Waals surface area contributed by atoms with Crippen molar-refractivity contribution in [3.8, 4) is 0 Å². The summed E-state index contributed by atoms with van der Waals surface area (Å²) in [5, 5.41) is 3.47. The Morgan fingerprint density at radius 2 is 1.64 bits per heavy atom. The molecule has 0 saturated heterocycles. The van der Waals surface area contributed by atoms with Crippen LogP contribution in [0.3, 0.4) is 0 Å². The largest absolute Gasteiger partial charge is 0.321 e. The van der Waals surface area contributed by atoms with Gasteiger partial charge in [-0.1, -0.05) is 24.3 Å². The van der Waals surface area contributed by atoms with Gasteiger partial charge in [-0.15, -0.1) is 0 Å². The molecule has 2 aromatic rings. The lowest BCUT2D eigenvalue weighted by Gasteiger charge is -2.11. The molecule has 0 radical (unpaired) electrons. The maximum absolute atomic E-state index is 13.1. The van der Waals surface area contributed by atoms with Gasteiger partial charge < -0.3 is 5.32 Å². The number of carbonyl (C=O) groups excluding carboxylic acids is 1. The Balaban J connectivity index is 2.51. The molecule has 0 aromatic heterocycles. The first-order valence-electron chi connectivity index (χ1n) is 7.45. The first-order valence-corrected chi connectivity index (χ1v) is 9.00. The van der Waals surface area contributed by atoms with Gasteiger partial charge in [0.15, 0.2) is 0 Å². The van der Waals surface area contributed by atoms with Gasteiger partial charge in [0.1, 0.15) is 5.82 Å². The van der Waals surface area contributed by atoms with Gasteiger partial charge in [0.05, 0.1) is 16.0 Å². The van der Waals surface area contributed by atoms with Gasteiger partial charge in [-0.05, 0) is 55.8 Å². The average Bonchev–Trinajstić information content (AvgIpc) is 2.55. The SMILES string of the molecule is C=C(C)C(=O)NC(=CS(=O)(=O)c1ccc(C)cc1)c1ccc(F)cc1. The summed E-state index contributed by atoms with van der Waals surface area (Å²) in [6.45, 7) is 6.89. The highest BCUT2D eigenvalue weighted by molar-refractivity contribution is 7.94. The summed E-state index contributed by atoms with van der Waals surface area (Å²) in [5.41, 5.74) is 1.57. The van der Waals surface area contributed by atoms with Crippen molar-refractivity contribution in [2.45, 2.75) is 18.7 Å². The summed E-state index contributed by atoms with van der Waals surface area (Å²) < 4.78 is 38.4. The summed E-state index contributed by atoms with van der Waals surface area (Å²) in [4.78, 5) is 12.0. The molecule has 0 bridgehead atoms. The average molecular weight is 359 g/mol. The van der Waals surface area contributed by atoms with Crippen molar-refractivity contribution >= 4 is 21.4 Å². The lowest BCUT2D eigenvalue weighted by Crippen LogP contribution is -2.23. The number of rotatable bonds is 5. The molecule has 2 aromatic carbocycles. The zero-order valence-electron chi connectivity index (χ0n) is 13.9. The van der Waals surface area contributed by atoms with Crippen molar-refractivity contribution in [1.82, 2.24) is 5.32 Å². The second-order valence-electron chi connectivity index (χ2n) is 5.63. The lowest BCUT2D eigenvalue weighted by molar-refractivity contribution is -0.116. The molecule has 0 spiro atoms. The molecule has 4 nitrogen and oxygen atoms in total. The van der Waals surface area contributed by atoms with Crippen LogP contribution in [0.25, 0.3) is 5.70 Å². The van der Waals surface area contributed by atoms with Crippen LogP contribution in [-0.4, -0.2) is 14.3 Å². The van der Waals surface area contributed by atoms with Gasteiger partial charge in [0.25, 0.3) is 5.91 Å². The number of nitrogens with one attached hydrogen (secondary N) is 1. The van der Waals surface area contributed by atoms with E-state index in [1.807, 2.05) is 6.92 Å². The minimum absolute atomic E-state index is 0.0496. The summed E-state index contributed by atoms with van der Waals surface area (Å²) in [6.07, 6.45) is 0. The molecule has 130 valence electrons. The van der Waals surface area contributed by atoms with Crippen LogP contribution in [0.15, 0.2) is 71.0 Å². The molecule has 1 amide bonds. The zero-order valence-corrected chi connectivity index (χ0v) is 14.7. The Morgan fingerprint density at radius 3 is 2.16 bits per heavy atom. The predicted molar refractivity (Wildman–Crippen MR) is 95.7 cm³/mol. The summed E-state index contributed by atoms with van der Waals surface area (Å²) in [5.74, 6) is -0.981. The second kappa shape index (κ2) is 7.44. The monoisotopic (exact) mass is 359 g/mol. The first-order chi connectivity index (χ1) is 11.7. The molecule has 25 heavy (non-hydrogen) atoms. The summed E-state index contributed by atoms with van der Waals surface area (Å²) in [6, 6.07) is 11.5. The quantitative estimate of drug-likeness (QED) is 0.830. The fraction of sp³-hybridized carbons (Fsp3) is 0.105. The Labute approximate surface area is 146 Å². The van der Waals surface area contributed by atoms with Crippen LogP contribution in [-0.2, 0) is 14.6 Å². The van der Waals surface area contributed by atoms with Gasteiger partial charge in [0, 0.05) is 5.57 Å². The number of halogens is 1. The van der Waals surface area contributed by atoms with E-state index in [1.54, 1.807) is 12.1 Å². The predicted octanol–water partition coefficient (Wildman–Crippen LogP) is 3.60. The molecule has 0 aliphatic rings. The number of amides is 1. The molecular weight excluding hydrogens is 341 g/mol. The third-order valence-electron chi connectivity index (χ3n) is 3.41. The summed E-state index contributed by atoms with van der Waals surface area (Å²) in [7, 11) is -3.81. The van der Waals surface area contributed by atoms with Crippen molar-refractivity contribution < 1.29 is 17.6 Å².